The molecule has 154 valence electrons. The van der Waals surface area contributed by atoms with Gasteiger partial charge in [0.15, 0.2) is 5.76 Å². The number of hydrogen-bond donors (Lipinski definition) is 1. The van der Waals surface area contributed by atoms with Crippen LogP contribution in [0.25, 0.3) is 0 Å². The lowest BCUT2D eigenvalue weighted by molar-refractivity contribution is -0.127. The number of pyridine rings is 1. The molecule has 0 unspecified atom stereocenters. The Kier molecular flexibility index (Phi) is 4.74. The molecule has 5 rings (SSSR count). The van der Waals surface area contributed by atoms with Crippen molar-refractivity contribution >= 4 is 23.2 Å². The summed E-state index contributed by atoms with van der Waals surface area (Å²) < 4.78 is 6.90. The summed E-state index contributed by atoms with van der Waals surface area (Å²) in [5.74, 6) is -0.296. The van der Waals surface area contributed by atoms with Gasteiger partial charge in [0.25, 0.3) is 11.5 Å². The summed E-state index contributed by atoms with van der Waals surface area (Å²) in [7, 11) is 0. The van der Waals surface area contributed by atoms with Crippen LogP contribution in [0.15, 0.2) is 57.4 Å². The number of rotatable bonds is 4. The molecule has 2 aliphatic heterocycles. The van der Waals surface area contributed by atoms with Crippen LogP contribution >= 0.6 is 11.3 Å². The summed E-state index contributed by atoms with van der Waals surface area (Å²) in [6.07, 6.45) is 3.92. The largest absolute Gasteiger partial charge is 0.459 e. The van der Waals surface area contributed by atoms with E-state index in [0.29, 0.717) is 19.6 Å². The van der Waals surface area contributed by atoms with Crippen LogP contribution in [0.3, 0.4) is 0 Å². The van der Waals surface area contributed by atoms with Crippen LogP contribution in [0.2, 0.25) is 0 Å². The number of aromatic nitrogens is 2. The zero-order chi connectivity index (χ0) is 20.7. The number of fused-ring (bicyclic) bond motifs is 4. The second-order valence-corrected chi connectivity index (χ2v) is 8.61. The van der Waals surface area contributed by atoms with E-state index < -0.39 is 6.04 Å². The molecule has 1 fully saturated rings. The van der Waals surface area contributed by atoms with E-state index in [-0.39, 0.29) is 35.0 Å². The van der Waals surface area contributed by atoms with Crippen molar-refractivity contribution in [2.24, 2.45) is 5.92 Å². The molecule has 3 aromatic heterocycles. The molecule has 3 aromatic rings. The average molecular weight is 424 g/mol. The first-order chi connectivity index (χ1) is 14.6. The quantitative estimate of drug-likeness (QED) is 0.691. The number of thiazole rings is 1. The molecular weight excluding hydrogens is 404 g/mol. The Morgan fingerprint density at radius 2 is 2.13 bits per heavy atom. The molecule has 2 aliphatic rings. The Balaban J connectivity index is 1.47. The van der Waals surface area contributed by atoms with Crippen molar-refractivity contribution in [2.75, 3.05) is 13.1 Å². The standard InChI is InChI=1S/C21H20N4O4S/c26-18-5-1-3-15-13-9-14(12-24(11-13)21(28)16-4-2-7-29-16)19(25(15)18)20(27)23-10-17-22-6-8-30-17/h1-8,13-14,19H,9-12H2,(H,23,27)/t13-,14+,19-/m1/s1. The first-order valence-corrected chi connectivity index (χ1v) is 10.7. The van der Waals surface area contributed by atoms with E-state index in [4.69, 9.17) is 4.42 Å². The van der Waals surface area contributed by atoms with Gasteiger partial charge in [0.05, 0.1) is 12.8 Å². The Bertz CT molecular complexity index is 1120. The Morgan fingerprint density at radius 1 is 1.23 bits per heavy atom. The fourth-order valence-electron chi connectivity index (χ4n) is 4.60. The predicted molar refractivity (Wildman–Crippen MR) is 109 cm³/mol. The van der Waals surface area contributed by atoms with Gasteiger partial charge < -0.3 is 14.6 Å². The Labute approximate surface area is 176 Å². The third-order valence-corrected chi connectivity index (χ3v) is 6.61. The zero-order valence-electron chi connectivity index (χ0n) is 16.1. The van der Waals surface area contributed by atoms with E-state index in [0.717, 1.165) is 17.1 Å². The number of nitrogens with one attached hydrogen (secondary N) is 1. The molecule has 0 radical (unpaired) electrons. The Hall–Kier alpha value is -3.20. The van der Waals surface area contributed by atoms with E-state index in [1.165, 1.54) is 23.7 Å². The maximum atomic E-state index is 13.2. The number of carbonyl (C=O) groups excluding carboxylic acids is 2. The summed E-state index contributed by atoms with van der Waals surface area (Å²) in [5, 5.41) is 5.58. The van der Waals surface area contributed by atoms with E-state index in [9.17, 15) is 14.4 Å². The summed E-state index contributed by atoms with van der Waals surface area (Å²) in [6.45, 7) is 1.20. The van der Waals surface area contributed by atoms with E-state index in [1.54, 1.807) is 33.9 Å². The minimum atomic E-state index is -0.669. The SMILES string of the molecule is O=C(NCc1nccs1)[C@H]1[C@H]2C[C@H](CN(C(=O)c3ccco3)C2)c2cccc(=O)n21. The van der Waals surface area contributed by atoms with Crippen LogP contribution in [-0.4, -0.2) is 39.4 Å². The van der Waals surface area contributed by atoms with Gasteiger partial charge in [-0.15, -0.1) is 11.3 Å². The molecule has 2 amide bonds. The van der Waals surface area contributed by atoms with Gasteiger partial charge >= 0.3 is 0 Å². The van der Waals surface area contributed by atoms with E-state index >= 15 is 0 Å². The first kappa shape index (κ1) is 18.8. The van der Waals surface area contributed by atoms with Crippen LogP contribution < -0.4 is 10.9 Å². The van der Waals surface area contributed by atoms with Gasteiger partial charge in [-0.3, -0.25) is 19.0 Å². The number of furan rings is 1. The smallest absolute Gasteiger partial charge is 0.289 e. The first-order valence-electron chi connectivity index (χ1n) is 9.82. The maximum Gasteiger partial charge on any atom is 0.289 e. The highest BCUT2D eigenvalue weighted by Crippen LogP contribution is 2.41. The molecule has 1 saturated heterocycles. The lowest BCUT2D eigenvalue weighted by Gasteiger charge is -2.46. The molecule has 0 aliphatic carbocycles. The predicted octanol–water partition coefficient (Wildman–Crippen LogP) is 2.01. The van der Waals surface area contributed by atoms with Crippen molar-refractivity contribution in [3.63, 3.8) is 0 Å². The normalized spacial score (nSPS) is 22.4. The van der Waals surface area contributed by atoms with E-state index in [2.05, 4.69) is 10.3 Å². The number of hydrogen-bond acceptors (Lipinski definition) is 6. The molecule has 8 nitrogen and oxygen atoms in total. The summed E-state index contributed by atoms with van der Waals surface area (Å²) >= 11 is 1.46. The second-order valence-electron chi connectivity index (χ2n) is 7.63. The number of carbonyl (C=O) groups is 2. The van der Waals surface area contributed by atoms with Crippen molar-refractivity contribution in [3.8, 4) is 0 Å². The zero-order valence-corrected chi connectivity index (χ0v) is 16.9. The lowest BCUT2D eigenvalue weighted by atomic mass is 9.78. The van der Waals surface area contributed by atoms with Crippen LogP contribution in [0.1, 0.15) is 39.6 Å². The number of nitrogens with zero attached hydrogens (tertiary/aromatic N) is 3. The molecule has 5 heterocycles. The maximum absolute atomic E-state index is 13.2. The number of piperidine rings is 1. The molecule has 0 saturated carbocycles. The summed E-state index contributed by atoms with van der Waals surface area (Å²) in [6, 6.07) is 7.73. The van der Waals surface area contributed by atoms with Gasteiger partial charge in [0, 0.05) is 48.3 Å². The monoisotopic (exact) mass is 424 g/mol. The molecule has 0 spiro atoms. The molecule has 0 aromatic carbocycles. The summed E-state index contributed by atoms with van der Waals surface area (Å²) in [5.41, 5.74) is 0.604. The van der Waals surface area contributed by atoms with Crippen molar-refractivity contribution in [2.45, 2.75) is 24.9 Å². The average Bonchev–Trinajstić information content (AvgIpc) is 3.46. The van der Waals surface area contributed by atoms with Crippen LogP contribution in [0.5, 0.6) is 0 Å². The molecule has 3 atom stereocenters. The second kappa shape index (κ2) is 7.56. The fourth-order valence-corrected chi connectivity index (χ4v) is 5.16. The van der Waals surface area contributed by atoms with Crippen molar-refractivity contribution in [1.29, 1.82) is 0 Å². The van der Waals surface area contributed by atoms with Gasteiger partial charge in [-0.2, -0.15) is 0 Å². The van der Waals surface area contributed by atoms with Crippen LogP contribution in [0, 0.1) is 5.92 Å². The molecule has 2 bridgehead atoms. The third kappa shape index (κ3) is 3.24. The van der Waals surface area contributed by atoms with Gasteiger partial charge in [-0.1, -0.05) is 6.07 Å². The van der Waals surface area contributed by atoms with E-state index in [1.807, 2.05) is 11.4 Å². The summed E-state index contributed by atoms with van der Waals surface area (Å²) in [4.78, 5) is 44.7. The topological polar surface area (TPSA) is 97.4 Å². The molecule has 30 heavy (non-hydrogen) atoms. The number of amides is 2. The van der Waals surface area contributed by atoms with Crippen molar-refractivity contribution < 1.29 is 14.0 Å². The Morgan fingerprint density at radius 3 is 2.90 bits per heavy atom. The number of likely N-dealkylation sites (tertiary alicyclic amines) is 1. The minimum Gasteiger partial charge on any atom is -0.459 e. The third-order valence-electron chi connectivity index (χ3n) is 5.83. The molecule has 1 N–H and O–H groups in total. The lowest BCUT2D eigenvalue weighted by Crippen LogP contribution is -2.54. The van der Waals surface area contributed by atoms with Gasteiger partial charge in [-0.25, -0.2) is 4.98 Å². The fraction of sp³-hybridized carbons (Fsp3) is 0.333. The minimum absolute atomic E-state index is 0.000394. The van der Waals surface area contributed by atoms with Gasteiger partial charge in [0.2, 0.25) is 5.91 Å². The highest BCUT2D eigenvalue weighted by Gasteiger charge is 2.45. The molecular formula is C21H20N4O4S. The highest BCUT2D eigenvalue weighted by atomic mass is 32.1. The van der Waals surface area contributed by atoms with Crippen molar-refractivity contribution in [3.05, 3.63) is 75.0 Å². The van der Waals surface area contributed by atoms with Gasteiger partial charge in [0.1, 0.15) is 11.0 Å². The van der Waals surface area contributed by atoms with Crippen LogP contribution in [0.4, 0.5) is 0 Å². The highest BCUT2D eigenvalue weighted by molar-refractivity contribution is 7.09. The van der Waals surface area contributed by atoms with Crippen LogP contribution in [-0.2, 0) is 11.3 Å². The van der Waals surface area contributed by atoms with Crippen molar-refractivity contribution in [1.82, 2.24) is 19.8 Å². The molecule has 9 heteroatoms. The van der Waals surface area contributed by atoms with Gasteiger partial charge in [-0.05, 0) is 24.6 Å².